The molecule has 1 aromatic carbocycles. The smallest absolute Gasteiger partial charge is 0.235 e. The fourth-order valence-electron chi connectivity index (χ4n) is 3.29. The highest BCUT2D eigenvalue weighted by Gasteiger charge is 2.31. The number of carbonyl (C=O) groups is 2. The predicted molar refractivity (Wildman–Crippen MR) is 84.7 cm³/mol. The lowest BCUT2D eigenvalue weighted by atomic mass is 9.90. The van der Waals surface area contributed by atoms with E-state index in [1.54, 1.807) is 0 Å². The number of aryl methyl sites for hydroxylation is 2. The summed E-state index contributed by atoms with van der Waals surface area (Å²) in [7, 11) is 1.90. The number of rotatable bonds is 2. The third kappa shape index (κ3) is 2.30. The Bertz CT molecular complexity index is 774. The molecule has 2 heterocycles. The van der Waals surface area contributed by atoms with Crippen molar-refractivity contribution in [3.63, 3.8) is 0 Å². The highest BCUT2D eigenvalue weighted by atomic mass is 16.2. The number of aromatic nitrogens is 2. The standard InChI is InChI=1S/C17H21N3O2/c1-9(2)12-8-14-13(7-10(12)3)16(19-20(14)4)11-5-6-15(21)18-17(11)22/h7-9,11H,5-6H2,1-4H3,(H,18,21,22). The van der Waals surface area contributed by atoms with Crippen molar-refractivity contribution in [1.29, 1.82) is 0 Å². The van der Waals surface area contributed by atoms with Crippen LogP contribution in [-0.4, -0.2) is 21.6 Å². The summed E-state index contributed by atoms with van der Waals surface area (Å²) >= 11 is 0. The summed E-state index contributed by atoms with van der Waals surface area (Å²) in [6, 6.07) is 4.29. The molecule has 1 fully saturated rings. The maximum Gasteiger partial charge on any atom is 0.235 e. The lowest BCUT2D eigenvalue weighted by Crippen LogP contribution is -2.39. The first kappa shape index (κ1) is 14.8. The van der Waals surface area contributed by atoms with Crippen LogP contribution in [0.4, 0.5) is 0 Å². The third-order valence-electron chi connectivity index (χ3n) is 4.46. The number of fused-ring (bicyclic) bond motifs is 1. The molecule has 1 saturated heterocycles. The van der Waals surface area contributed by atoms with Gasteiger partial charge in [0.2, 0.25) is 11.8 Å². The minimum absolute atomic E-state index is 0.195. The van der Waals surface area contributed by atoms with Gasteiger partial charge in [-0.1, -0.05) is 13.8 Å². The molecule has 5 nitrogen and oxygen atoms in total. The minimum atomic E-state index is -0.342. The molecule has 0 bridgehead atoms. The third-order valence-corrected chi connectivity index (χ3v) is 4.46. The van der Waals surface area contributed by atoms with Crippen molar-refractivity contribution >= 4 is 22.7 Å². The van der Waals surface area contributed by atoms with Crippen molar-refractivity contribution in [2.75, 3.05) is 0 Å². The van der Waals surface area contributed by atoms with Crippen LogP contribution in [-0.2, 0) is 16.6 Å². The van der Waals surface area contributed by atoms with Gasteiger partial charge in [-0.15, -0.1) is 0 Å². The summed E-state index contributed by atoms with van der Waals surface area (Å²) in [4.78, 5) is 23.5. The number of carbonyl (C=O) groups excluding carboxylic acids is 2. The Balaban J connectivity index is 2.14. The SMILES string of the molecule is Cc1cc2c(C3CCC(=O)NC3=O)nn(C)c2cc1C(C)C. The fourth-order valence-corrected chi connectivity index (χ4v) is 3.29. The average Bonchev–Trinajstić information content (AvgIpc) is 2.74. The van der Waals surface area contributed by atoms with Crippen molar-refractivity contribution in [2.24, 2.45) is 7.05 Å². The first-order chi connectivity index (χ1) is 10.4. The summed E-state index contributed by atoms with van der Waals surface area (Å²) < 4.78 is 1.83. The number of hydrogen-bond acceptors (Lipinski definition) is 3. The molecule has 1 aromatic heterocycles. The highest BCUT2D eigenvalue weighted by molar-refractivity contribution is 6.02. The molecular formula is C17H21N3O2. The van der Waals surface area contributed by atoms with Crippen molar-refractivity contribution in [2.45, 2.75) is 45.4 Å². The van der Waals surface area contributed by atoms with Gasteiger partial charge in [0.1, 0.15) is 0 Å². The molecule has 0 radical (unpaired) electrons. The molecule has 2 aromatic rings. The molecular weight excluding hydrogens is 278 g/mol. The molecule has 1 atom stereocenters. The quantitative estimate of drug-likeness (QED) is 0.867. The van der Waals surface area contributed by atoms with E-state index in [2.05, 4.69) is 43.3 Å². The van der Waals surface area contributed by atoms with Crippen LogP contribution in [0.5, 0.6) is 0 Å². The Labute approximate surface area is 129 Å². The van der Waals surface area contributed by atoms with E-state index in [0.29, 0.717) is 18.8 Å². The molecule has 22 heavy (non-hydrogen) atoms. The second-order valence-corrected chi connectivity index (χ2v) is 6.39. The van der Waals surface area contributed by atoms with Gasteiger partial charge in [-0.3, -0.25) is 19.6 Å². The maximum absolute atomic E-state index is 12.1. The average molecular weight is 299 g/mol. The van der Waals surface area contributed by atoms with Crippen LogP contribution in [0.2, 0.25) is 0 Å². The molecule has 0 spiro atoms. The Morgan fingerprint density at radius 2 is 2.05 bits per heavy atom. The topological polar surface area (TPSA) is 64.0 Å². The second kappa shape index (κ2) is 5.23. The Kier molecular flexibility index (Phi) is 3.51. The summed E-state index contributed by atoms with van der Waals surface area (Å²) in [5.74, 6) is -0.328. The van der Waals surface area contributed by atoms with Gasteiger partial charge in [-0.2, -0.15) is 5.10 Å². The van der Waals surface area contributed by atoms with Gasteiger partial charge in [0.05, 0.1) is 17.1 Å². The number of nitrogens with zero attached hydrogens (tertiary/aromatic N) is 2. The van der Waals surface area contributed by atoms with Crippen molar-refractivity contribution < 1.29 is 9.59 Å². The van der Waals surface area contributed by atoms with E-state index in [0.717, 1.165) is 16.6 Å². The van der Waals surface area contributed by atoms with E-state index in [-0.39, 0.29) is 17.7 Å². The van der Waals surface area contributed by atoms with Gasteiger partial charge in [0, 0.05) is 18.9 Å². The lowest BCUT2D eigenvalue weighted by Gasteiger charge is -2.19. The molecule has 1 aliphatic heterocycles. The van der Waals surface area contributed by atoms with Crippen LogP contribution in [0.3, 0.4) is 0 Å². The van der Waals surface area contributed by atoms with Crippen LogP contribution in [0.15, 0.2) is 12.1 Å². The number of piperidine rings is 1. The molecule has 1 N–H and O–H groups in total. The Morgan fingerprint density at radius 3 is 2.68 bits per heavy atom. The largest absolute Gasteiger partial charge is 0.296 e. The molecule has 2 amide bonds. The van der Waals surface area contributed by atoms with E-state index in [1.807, 2.05) is 11.7 Å². The zero-order valence-electron chi connectivity index (χ0n) is 13.4. The van der Waals surface area contributed by atoms with Crippen molar-refractivity contribution in [3.8, 4) is 0 Å². The van der Waals surface area contributed by atoms with Crippen LogP contribution in [0.25, 0.3) is 10.9 Å². The van der Waals surface area contributed by atoms with Crippen LogP contribution in [0.1, 0.15) is 55.3 Å². The van der Waals surface area contributed by atoms with Crippen molar-refractivity contribution in [3.05, 3.63) is 29.0 Å². The van der Waals surface area contributed by atoms with E-state index >= 15 is 0 Å². The monoisotopic (exact) mass is 299 g/mol. The molecule has 1 aliphatic rings. The normalized spacial score (nSPS) is 19.0. The molecule has 0 saturated carbocycles. The Morgan fingerprint density at radius 1 is 1.32 bits per heavy atom. The molecule has 3 rings (SSSR count). The fraction of sp³-hybridized carbons (Fsp3) is 0.471. The van der Waals surface area contributed by atoms with E-state index in [9.17, 15) is 9.59 Å². The molecule has 116 valence electrons. The summed E-state index contributed by atoms with van der Waals surface area (Å²) in [6.45, 7) is 6.44. The van der Waals surface area contributed by atoms with Gasteiger partial charge < -0.3 is 0 Å². The number of imide groups is 1. The summed E-state index contributed by atoms with van der Waals surface area (Å²) in [5.41, 5.74) is 4.32. The molecule has 1 unspecified atom stereocenters. The molecule has 5 heteroatoms. The first-order valence-electron chi connectivity index (χ1n) is 7.69. The van der Waals surface area contributed by atoms with Gasteiger partial charge in [-0.25, -0.2) is 0 Å². The van der Waals surface area contributed by atoms with E-state index < -0.39 is 0 Å². The summed E-state index contributed by atoms with van der Waals surface area (Å²) in [5, 5.41) is 8.01. The number of benzene rings is 1. The van der Waals surface area contributed by atoms with Gasteiger partial charge in [0.15, 0.2) is 0 Å². The predicted octanol–water partition coefficient (Wildman–Crippen LogP) is 2.53. The number of nitrogens with one attached hydrogen (secondary N) is 1. The van der Waals surface area contributed by atoms with Gasteiger partial charge in [0.25, 0.3) is 0 Å². The second-order valence-electron chi connectivity index (χ2n) is 6.39. The van der Waals surface area contributed by atoms with Crippen LogP contribution < -0.4 is 5.32 Å². The highest BCUT2D eigenvalue weighted by Crippen LogP contribution is 2.33. The zero-order chi connectivity index (χ0) is 16.0. The maximum atomic E-state index is 12.1. The van der Waals surface area contributed by atoms with Crippen LogP contribution >= 0.6 is 0 Å². The first-order valence-corrected chi connectivity index (χ1v) is 7.69. The minimum Gasteiger partial charge on any atom is -0.296 e. The van der Waals surface area contributed by atoms with Crippen LogP contribution in [0, 0.1) is 6.92 Å². The van der Waals surface area contributed by atoms with Crippen molar-refractivity contribution in [1.82, 2.24) is 15.1 Å². The van der Waals surface area contributed by atoms with Gasteiger partial charge in [-0.05, 0) is 42.5 Å². The Hall–Kier alpha value is -2.17. The number of hydrogen-bond donors (Lipinski definition) is 1. The number of amides is 2. The lowest BCUT2D eigenvalue weighted by molar-refractivity contribution is -0.134. The summed E-state index contributed by atoms with van der Waals surface area (Å²) in [6.07, 6.45) is 0.902. The molecule has 0 aliphatic carbocycles. The van der Waals surface area contributed by atoms with E-state index in [1.165, 1.54) is 11.1 Å². The van der Waals surface area contributed by atoms with E-state index in [4.69, 9.17) is 0 Å². The van der Waals surface area contributed by atoms with Gasteiger partial charge >= 0.3 is 0 Å². The zero-order valence-corrected chi connectivity index (χ0v) is 13.4.